The van der Waals surface area contributed by atoms with Crippen LogP contribution < -0.4 is 10.6 Å². The fraction of sp³-hybridized carbons (Fsp3) is 0.938. The molecule has 1 saturated heterocycles. The summed E-state index contributed by atoms with van der Waals surface area (Å²) in [5, 5.41) is 6.69. The molecule has 2 N–H and O–H groups in total. The van der Waals surface area contributed by atoms with Gasteiger partial charge in [-0.1, -0.05) is 0 Å². The molecular formula is C16H34N4O2. The summed E-state index contributed by atoms with van der Waals surface area (Å²) in [5.41, 5.74) is -0.0806. The van der Waals surface area contributed by atoms with E-state index in [1.54, 1.807) is 7.11 Å². The van der Waals surface area contributed by atoms with Gasteiger partial charge >= 0.3 is 0 Å². The first-order valence-corrected chi connectivity index (χ1v) is 8.43. The summed E-state index contributed by atoms with van der Waals surface area (Å²) in [4.78, 5) is 6.95. The van der Waals surface area contributed by atoms with Gasteiger partial charge in [0, 0.05) is 33.4 Å². The van der Waals surface area contributed by atoms with E-state index in [2.05, 4.69) is 41.4 Å². The number of nitrogens with one attached hydrogen (secondary N) is 2. The normalized spacial score (nSPS) is 22.3. The number of rotatable bonds is 10. The number of likely N-dealkylation sites (N-methyl/N-ethyl adjacent to an activating group) is 1. The van der Waals surface area contributed by atoms with Crippen LogP contribution >= 0.6 is 0 Å². The Morgan fingerprint density at radius 1 is 1.36 bits per heavy atom. The van der Waals surface area contributed by atoms with Gasteiger partial charge in [0.2, 0.25) is 0 Å². The SMILES string of the molecule is CCNC(=NCC1(C)CCCO1)NCCCN(C)CCOC. The third-order valence-electron chi connectivity index (χ3n) is 3.90. The van der Waals surface area contributed by atoms with Crippen LogP contribution in [0.5, 0.6) is 0 Å². The van der Waals surface area contributed by atoms with Crippen molar-refractivity contribution in [1.82, 2.24) is 15.5 Å². The van der Waals surface area contributed by atoms with Gasteiger partial charge in [-0.05, 0) is 46.7 Å². The molecule has 0 bridgehead atoms. The van der Waals surface area contributed by atoms with Crippen molar-refractivity contribution in [3.63, 3.8) is 0 Å². The zero-order chi connectivity index (χ0) is 16.3. The lowest BCUT2D eigenvalue weighted by molar-refractivity contribution is 0.0283. The third kappa shape index (κ3) is 7.96. The summed E-state index contributed by atoms with van der Waals surface area (Å²) < 4.78 is 10.9. The third-order valence-corrected chi connectivity index (χ3v) is 3.90. The van der Waals surface area contributed by atoms with Crippen LogP contribution in [-0.2, 0) is 9.47 Å². The van der Waals surface area contributed by atoms with E-state index in [-0.39, 0.29) is 5.60 Å². The van der Waals surface area contributed by atoms with Crippen LogP contribution in [0.4, 0.5) is 0 Å². The van der Waals surface area contributed by atoms with Crippen LogP contribution in [0, 0.1) is 0 Å². The van der Waals surface area contributed by atoms with E-state index in [9.17, 15) is 0 Å². The predicted octanol–water partition coefficient (Wildman–Crippen LogP) is 1.08. The van der Waals surface area contributed by atoms with E-state index in [1.165, 1.54) is 0 Å². The van der Waals surface area contributed by atoms with Crippen LogP contribution in [0.1, 0.15) is 33.1 Å². The topological polar surface area (TPSA) is 58.1 Å². The second-order valence-corrected chi connectivity index (χ2v) is 6.17. The minimum Gasteiger partial charge on any atom is -0.383 e. The quantitative estimate of drug-likeness (QED) is 0.359. The highest BCUT2D eigenvalue weighted by atomic mass is 16.5. The Kier molecular flexibility index (Phi) is 9.43. The number of guanidine groups is 1. The summed E-state index contributed by atoms with van der Waals surface area (Å²) in [5.74, 6) is 0.888. The number of ether oxygens (including phenoxy) is 2. The maximum atomic E-state index is 5.78. The second-order valence-electron chi connectivity index (χ2n) is 6.17. The van der Waals surface area contributed by atoms with Crippen LogP contribution in [0.25, 0.3) is 0 Å². The fourth-order valence-corrected chi connectivity index (χ4v) is 2.46. The first-order chi connectivity index (χ1) is 10.6. The van der Waals surface area contributed by atoms with Crippen LogP contribution in [0.2, 0.25) is 0 Å². The Morgan fingerprint density at radius 2 is 2.18 bits per heavy atom. The minimum atomic E-state index is -0.0806. The van der Waals surface area contributed by atoms with Crippen LogP contribution in [0.15, 0.2) is 4.99 Å². The standard InChI is InChI=1S/C16H34N4O2/c1-5-17-15(19-14-16(2)8-6-12-22-16)18-9-7-10-20(3)11-13-21-4/h5-14H2,1-4H3,(H2,17,18,19). The molecule has 1 fully saturated rings. The lowest BCUT2D eigenvalue weighted by atomic mass is 10.0. The molecule has 22 heavy (non-hydrogen) atoms. The van der Waals surface area contributed by atoms with E-state index in [0.29, 0.717) is 0 Å². The summed E-state index contributed by atoms with van der Waals surface area (Å²) in [6.07, 6.45) is 3.32. The Hall–Kier alpha value is -0.850. The number of aliphatic imine (C=N–C) groups is 1. The summed E-state index contributed by atoms with van der Waals surface area (Å²) in [7, 11) is 3.86. The van der Waals surface area contributed by atoms with Gasteiger partial charge in [0.15, 0.2) is 5.96 Å². The van der Waals surface area contributed by atoms with Gasteiger partial charge in [-0.2, -0.15) is 0 Å². The van der Waals surface area contributed by atoms with Crippen LogP contribution in [0.3, 0.4) is 0 Å². The number of hydrogen-bond acceptors (Lipinski definition) is 4. The lowest BCUT2D eigenvalue weighted by Crippen LogP contribution is -2.40. The Balaban J connectivity index is 2.25. The van der Waals surface area contributed by atoms with Crippen molar-refractivity contribution in [1.29, 1.82) is 0 Å². The van der Waals surface area contributed by atoms with Gasteiger partial charge in [-0.25, -0.2) is 0 Å². The summed E-state index contributed by atoms with van der Waals surface area (Å²) in [6, 6.07) is 0. The van der Waals surface area contributed by atoms with Gasteiger partial charge in [-0.3, -0.25) is 4.99 Å². The Bertz CT molecular complexity index is 317. The van der Waals surface area contributed by atoms with Gasteiger partial charge in [0.05, 0.1) is 18.8 Å². The molecule has 0 aromatic rings. The van der Waals surface area contributed by atoms with Crippen LogP contribution in [-0.4, -0.2) is 76.6 Å². The average Bonchev–Trinajstić information content (AvgIpc) is 2.94. The highest BCUT2D eigenvalue weighted by molar-refractivity contribution is 5.79. The summed E-state index contributed by atoms with van der Waals surface area (Å²) >= 11 is 0. The molecule has 1 rings (SSSR count). The van der Waals surface area contributed by atoms with Crippen molar-refractivity contribution >= 4 is 5.96 Å². The first kappa shape index (κ1) is 19.2. The first-order valence-electron chi connectivity index (χ1n) is 8.43. The monoisotopic (exact) mass is 314 g/mol. The van der Waals surface area contributed by atoms with Crippen molar-refractivity contribution in [2.45, 2.75) is 38.7 Å². The largest absolute Gasteiger partial charge is 0.383 e. The maximum absolute atomic E-state index is 5.78. The minimum absolute atomic E-state index is 0.0806. The van der Waals surface area contributed by atoms with E-state index >= 15 is 0 Å². The molecule has 0 saturated carbocycles. The zero-order valence-corrected chi connectivity index (χ0v) is 14.8. The smallest absolute Gasteiger partial charge is 0.191 e. The molecule has 0 aliphatic carbocycles. The lowest BCUT2D eigenvalue weighted by Gasteiger charge is -2.21. The number of nitrogens with zero attached hydrogens (tertiary/aromatic N) is 2. The summed E-state index contributed by atoms with van der Waals surface area (Å²) in [6.45, 7) is 10.4. The van der Waals surface area contributed by atoms with E-state index in [4.69, 9.17) is 9.47 Å². The zero-order valence-electron chi connectivity index (χ0n) is 14.8. The molecule has 130 valence electrons. The maximum Gasteiger partial charge on any atom is 0.191 e. The molecule has 0 amide bonds. The molecule has 0 radical (unpaired) electrons. The predicted molar refractivity (Wildman–Crippen MR) is 91.6 cm³/mol. The van der Waals surface area contributed by atoms with E-state index in [1.807, 2.05) is 0 Å². The average molecular weight is 314 g/mol. The van der Waals surface area contributed by atoms with Gasteiger partial charge in [0.25, 0.3) is 0 Å². The van der Waals surface area contributed by atoms with Gasteiger partial charge in [-0.15, -0.1) is 0 Å². The van der Waals surface area contributed by atoms with Crippen molar-refractivity contribution in [2.24, 2.45) is 4.99 Å². The van der Waals surface area contributed by atoms with Crippen molar-refractivity contribution < 1.29 is 9.47 Å². The molecule has 1 heterocycles. The molecule has 0 aromatic carbocycles. The highest BCUT2D eigenvalue weighted by Gasteiger charge is 2.29. The van der Waals surface area contributed by atoms with Crippen molar-refractivity contribution in [3.05, 3.63) is 0 Å². The molecule has 6 heteroatoms. The Labute approximate surface area is 135 Å². The van der Waals surface area contributed by atoms with E-state index < -0.39 is 0 Å². The molecule has 1 aliphatic heterocycles. The number of methoxy groups -OCH3 is 1. The van der Waals surface area contributed by atoms with Gasteiger partial charge in [0.1, 0.15) is 0 Å². The molecule has 0 spiro atoms. The van der Waals surface area contributed by atoms with Crippen molar-refractivity contribution in [3.8, 4) is 0 Å². The molecule has 0 aromatic heterocycles. The van der Waals surface area contributed by atoms with Crippen molar-refractivity contribution in [2.75, 3.05) is 60.1 Å². The highest BCUT2D eigenvalue weighted by Crippen LogP contribution is 2.24. The Morgan fingerprint density at radius 3 is 2.82 bits per heavy atom. The molecule has 1 aliphatic rings. The fourth-order valence-electron chi connectivity index (χ4n) is 2.46. The molecule has 1 atom stereocenters. The molecule has 1 unspecified atom stereocenters. The van der Waals surface area contributed by atoms with Gasteiger partial charge < -0.3 is 25.0 Å². The van der Waals surface area contributed by atoms with E-state index in [0.717, 1.165) is 71.2 Å². The molecule has 6 nitrogen and oxygen atoms in total. The second kappa shape index (κ2) is 10.8. The molecular weight excluding hydrogens is 280 g/mol. The number of hydrogen-bond donors (Lipinski definition) is 2.